The number of ether oxygens (including phenoxy) is 2. The second kappa shape index (κ2) is 10.6. The Morgan fingerprint density at radius 1 is 0.885 bits per heavy atom. The maximum Gasteiger partial charge on any atom is 0.307 e. The third kappa shape index (κ3) is 6.48. The maximum absolute atomic E-state index is 12.0. The molecule has 0 amide bonds. The first-order valence-corrected chi connectivity index (χ1v) is 10.6. The summed E-state index contributed by atoms with van der Waals surface area (Å²) >= 11 is 0. The number of esters is 1. The molecule has 0 aromatic heterocycles. The average Bonchev–Trinajstić information content (AvgIpc) is 2.68. The molecule has 3 heterocycles. The minimum absolute atomic E-state index is 0.0456. The van der Waals surface area contributed by atoms with E-state index in [1.807, 2.05) is 0 Å². The highest BCUT2D eigenvalue weighted by Gasteiger charge is 2.28. The van der Waals surface area contributed by atoms with Crippen LogP contribution in [0.3, 0.4) is 0 Å². The van der Waals surface area contributed by atoms with Crippen molar-refractivity contribution < 1.29 is 14.3 Å². The summed E-state index contributed by atoms with van der Waals surface area (Å²) in [5, 5.41) is 0. The summed E-state index contributed by atoms with van der Waals surface area (Å²) in [7, 11) is 2.23. The summed E-state index contributed by atoms with van der Waals surface area (Å²) < 4.78 is 10.7. The van der Waals surface area contributed by atoms with Crippen molar-refractivity contribution in [3.8, 4) is 0 Å². The first kappa shape index (κ1) is 20.1. The molecule has 3 fully saturated rings. The standard InChI is InChI=1S/C20H37N3O3/c1-21-7-2-18(3-8-21)19-4-9-22(10-5-19)11-6-20(24)26-17-14-23-12-15-25-16-13-23/h18-19H,2-17H2,1H3. The second-order valence-corrected chi connectivity index (χ2v) is 8.24. The van der Waals surface area contributed by atoms with Crippen LogP contribution in [0.2, 0.25) is 0 Å². The van der Waals surface area contributed by atoms with Gasteiger partial charge in [0.2, 0.25) is 0 Å². The molecule has 0 spiro atoms. The third-order valence-electron chi connectivity index (χ3n) is 6.47. The summed E-state index contributed by atoms with van der Waals surface area (Å²) in [5.74, 6) is 1.79. The van der Waals surface area contributed by atoms with Gasteiger partial charge in [0.05, 0.1) is 19.6 Å². The van der Waals surface area contributed by atoms with E-state index in [9.17, 15) is 4.79 Å². The van der Waals surface area contributed by atoms with Crippen molar-refractivity contribution in [2.75, 3.05) is 79.2 Å². The third-order valence-corrected chi connectivity index (χ3v) is 6.47. The van der Waals surface area contributed by atoms with Gasteiger partial charge in [-0.2, -0.15) is 0 Å². The first-order valence-electron chi connectivity index (χ1n) is 10.6. The lowest BCUT2D eigenvalue weighted by molar-refractivity contribution is -0.144. The summed E-state index contributed by atoms with van der Waals surface area (Å²) in [4.78, 5) is 19.2. The van der Waals surface area contributed by atoms with E-state index in [0.29, 0.717) is 13.0 Å². The van der Waals surface area contributed by atoms with Gasteiger partial charge in [-0.25, -0.2) is 0 Å². The normalized spacial score (nSPS) is 25.4. The van der Waals surface area contributed by atoms with Crippen LogP contribution < -0.4 is 0 Å². The maximum atomic E-state index is 12.0. The van der Waals surface area contributed by atoms with Crippen LogP contribution in [0.25, 0.3) is 0 Å². The van der Waals surface area contributed by atoms with Crippen LogP contribution in [0.15, 0.2) is 0 Å². The molecule has 0 bridgehead atoms. The molecule has 0 atom stereocenters. The average molecular weight is 368 g/mol. The van der Waals surface area contributed by atoms with Gasteiger partial charge in [0.25, 0.3) is 0 Å². The van der Waals surface area contributed by atoms with Crippen LogP contribution in [-0.4, -0.2) is 99.9 Å². The molecule has 0 aromatic carbocycles. The van der Waals surface area contributed by atoms with Gasteiger partial charge in [-0.05, 0) is 70.7 Å². The van der Waals surface area contributed by atoms with Crippen LogP contribution in [0, 0.1) is 11.8 Å². The highest BCUT2D eigenvalue weighted by atomic mass is 16.5. The number of carbonyl (C=O) groups excluding carboxylic acids is 1. The molecule has 0 N–H and O–H groups in total. The van der Waals surface area contributed by atoms with Gasteiger partial charge in [-0.3, -0.25) is 9.69 Å². The Balaban J connectivity index is 1.23. The Hall–Kier alpha value is -0.690. The summed E-state index contributed by atoms with van der Waals surface area (Å²) in [6.07, 6.45) is 5.89. The molecular weight excluding hydrogens is 330 g/mol. The molecule has 0 aromatic rings. The van der Waals surface area contributed by atoms with E-state index in [1.165, 1.54) is 38.8 Å². The molecule has 0 saturated carbocycles. The fourth-order valence-corrected chi connectivity index (χ4v) is 4.58. The number of morpholine rings is 1. The SMILES string of the molecule is CN1CCC(C2CCN(CCC(=O)OCCN3CCOCC3)CC2)CC1. The Labute approximate surface area is 158 Å². The highest BCUT2D eigenvalue weighted by Crippen LogP contribution is 2.32. The Kier molecular flexibility index (Phi) is 8.17. The van der Waals surface area contributed by atoms with Gasteiger partial charge in [-0.1, -0.05) is 0 Å². The molecule has 26 heavy (non-hydrogen) atoms. The van der Waals surface area contributed by atoms with Crippen LogP contribution in [0.4, 0.5) is 0 Å². The van der Waals surface area contributed by atoms with Crippen molar-refractivity contribution >= 4 is 5.97 Å². The number of nitrogens with zero attached hydrogens (tertiary/aromatic N) is 3. The number of likely N-dealkylation sites (tertiary alicyclic amines) is 2. The van der Waals surface area contributed by atoms with Crippen molar-refractivity contribution in [3.63, 3.8) is 0 Å². The van der Waals surface area contributed by atoms with Crippen molar-refractivity contribution in [2.24, 2.45) is 11.8 Å². The quantitative estimate of drug-likeness (QED) is 0.632. The van der Waals surface area contributed by atoms with Gasteiger partial charge in [-0.15, -0.1) is 0 Å². The van der Waals surface area contributed by atoms with Gasteiger partial charge in [0.15, 0.2) is 0 Å². The molecule has 3 rings (SSSR count). The summed E-state index contributed by atoms with van der Waals surface area (Å²) in [5.41, 5.74) is 0. The van der Waals surface area contributed by atoms with Gasteiger partial charge in [0.1, 0.15) is 6.61 Å². The van der Waals surface area contributed by atoms with Gasteiger partial charge in [0, 0.05) is 26.2 Å². The largest absolute Gasteiger partial charge is 0.464 e. The Bertz CT molecular complexity index is 413. The molecule has 6 nitrogen and oxygen atoms in total. The first-order chi connectivity index (χ1) is 12.7. The zero-order valence-electron chi connectivity index (χ0n) is 16.5. The van der Waals surface area contributed by atoms with Crippen molar-refractivity contribution in [2.45, 2.75) is 32.1 Å². The predicted octanol–water partition coefficient (Wildman–Crippen LogP) is 1.31. The molecule has 6 heteroatoms. The van der Waals surface area contributed by atoms with Crippen molar-refractivity contribution in [3.05, 3.63) is 0 Å². The van der Waals surface area contributed by atoms with Gasteiger partial charge >= 0.3 is 5.97 Å². The van der Waals surface area contributed by atoms with E-state index in [-0.39, 0.29) is 5.97 Å². The van der Waals surface area contributed by atoms with E-state index in [4.69, 9.17) is 9.47 Å². The lowest BCUT2D eigenvalue weighted by atomic mass is 9.79. The lowest BCUT2D eigenvalue weighted by Gasteiger charge is -2.39. The van der Waals surface area contributed by atoms with E-state index in [1.54, 1.807) is 0 Å². The molecule has 0 unspecified atom stereocenters. The fraction of sp³-hybridized carbons (Fsp3) is 0.950. The number of piperidine rings is 2. The second-order valence-electron chi connectivity index (χ2n) is 8.24. The van der Waals surface area contributed by atoms with Gasteiger partial charge < -0.3 is 19.3 Å². The van der Waals surface area contributed by atoms with Crippen molar-refractivity contribution in [1.29, 1.82) is 0 Å². The summed E-state index contributed by atoms with van der Waals surface area (Å²) in [6, 6.07) is 0. The minimum atomic E-state index is -0.0456. The molecule has 3 aliphatic rings. The smallest absolute Gasteiger partial charge is 0.307 e. The Morgan fingerprint density at radius 2 is 1.46 bits per heavy atom. The molecule has 3 saturated heterocycles. The number of hydrogen-bond acceptors (Lipinski definition) is 6. The fourth-order valence-electron chi connectivity index (χ4n) is 4.58. The summed E-state index contributed by atoms with van der Waals surface area (Å²) in [6.45, 7) is 10.5. The molecular formula is C20H37N3O3. The van der Waals surface area contributed by atoms with E-state index < -0.39 is 0 Å². The zero-order valence-corrected chi connectivity index (χ0v) is 16.5. The number of carbonyl (C=O) groups is 1. The molecule has 150 valence electrons. The lowest BCUT2D eigenvalue weighted by Crippen LogP contribution is -2.40. The Morgan fingerprint density at radius 3 is 2.12 bits per heavy atom. The van der Waals surface area contributed by atoms with Crippen LogP contribution >= 0.6 is 0 Å². The molecule has 3 aliphatic heterocycles. The zero-order chi connectivity index (χ0) is 18.2. The molecule has 0 aliphatic carbocycles. The monoisotopic (exact) mass is 367 g/mol. The predicted molar refractivity (Wildman–Crippen MR) is 102 cm³/mol. The topological polar surface area (TPSA) is 45.2 Å². The molecule has 0 radical (unpaired) electrons. The van der Waals surface area contributed by atoms with E-state index in [2.05, 4.69) is 21.7 Å². The van der Waals surface area contributed by atoms with Crippen LogP contribution in [0.5, 0.6) is 0 Å². The van der Waals surface area contributed by atoms with Crippen molar-refractivity contribution in [1.82, 2.24) is 14.7 Å². The number of hydrogen-bond donors (Lipinski definition) is 0. The van der Waals surface area contributed by atoms with Crippen LogP contribution in [-0.2, 0) is 14.3 Å². The minimum Gasteiger partial charge on any atom is -0.464 e. The van der Waals surface area contributed by atoms with E-state index >= 15 is 0 Å². The van der Waals surface area contributed by atoms with Crippen LogP contribution in [0.1, 0.15) is 32.1 Å². The highest BCUT2D eigenvalue weighted by molar-refractivity contribution is 5.69. The number of rotatable bonds is 7. The van der Waals surface area contributed by atoms with E-state index in [0.717, 1.165) is 64.3 Å².